The molecule has 0 atom stereocenters. The number of fused-ring (bicyclic) bond motifs is 1. The molecule has 0 saturated heterocycles. The lowest BCUT2D eigenvalue weighted by molar-refractivity contribution is -0.0202. The molecule has 2 aromatic heterocycles. The van der Waals surface area contributed by atoms with E-state index in [1.165, 1.54) is 0 Å². The second kappa shape index (κ2) is 3.92. The molecule has 1 aliphatic carbocycles. The number of hydrogen-bond donors (Lipinski definition) is 2. The Kier molecular flexibility index (Phi) is 2.40. The number of hydrogen-bond acceptors (Lipinski definition) is 5. The molecular weight excluding hydrogens is 216 g/mol. The lowest BCUT2D eigenvalue weighted by Gasteiger charge is -2.36. The zero-order chi connectivity index (χ0) is 11.7. The van der Waals surface area contributed by atoms with E-state index in [0.717, 1.165) is 30.6 Å². The van der Waals surface area contributed by atoms with E-state index in [0.29, 0.717) is 12.2 Å². The predicted octanol–water partition coefficient (Wildman–Crippen LogP) is 1.35. The van der Waals surface area contributed by atoms with Crippen LogP contribution < -0.4 is 5.32 Å². The first kappa shape index (κ1) is 10.4. The number of aliphatic hydroxyl groups is 1. The maximum absolute atomic E-state index is 9.97. The average molecular weight is 230 g/mol. The van der Waals surface area contributed by atoms with Crippen LogP contribution in [0.2, 0.25) is 0 Å². The topological polar surface area (TPSA) is 70.9 Å². The zero-order valence-electron chi connectivity index (χ0n) is 9.43. The Morgan fingerprint density at radius 3 is 2.82 bits per heavy atom. The van der Waals surface area contributed by atoms with E-state index in [2.05, 4.69) is 20.3 Å². The van der Waals surface area contributed by atoms with Gasteiger partial charge in [0.1, 0.15) is 11.3 Å². The molecule has 0 spiro atoms. The monoisotopic (exact) mass is 230 g/mol. The zero-order valence-corrected chi connectivity index (χ0v) is 9.43. The van der Waals surface area contributed by atoms with Crippen molar-refractivity contribution in [2.45, 2.75) is 24.9 Å². The molecular formula is C12H14N4O. The highest BCUT2D eigenvalue weighted by Gasteiger charge is 2.33. The average Bonchev–Trinajstić information content (AvgIpc) is 2.34. The number of anilines is 1. The highest BCUT2D eigenvalue weighted by atomic mass is 16.3. The lowest BCUT2D eigenvalue weighted by Crippen LogP contribution is -2.43. The van der Waals surface area contributed by atoms with Crippen molar-refractivity contribution in [1.82, 2.24) is 15.0 Å². The van der Waals surface area contributed by atoms with Gasteiger partial charge in [0.15, 0.2) is 5.65 Å². The molecule has 0 aromatic carbocycles. The van der Waals surface area contributed by atoms with Gasteiger partial charge >= 0.3 is 0 Å². The van der Waals surface area contributed by atoms with Crippen molar-refractivity contribution in [3.63, 3.8) is 0 Å². The third-order valence-corrected chi connectivity index (χ3v) is 3.21. The fourth-order valence-corrected chi connectivity index (χ4v) is 1.97. The molecule has 3 rings (SSSR count). The second-order valence-electron chi connectivity index (χ2n) is 4.53. The summed E-state index contributed by atoms with van der Waals surface area (Å²) in [5.74, 6) is 0.735. The molecule has 2 N–H and O–H groups in total. The van der Waals surface area contributed by atoms with Crippen LogP contribution in [0.15, 0.2) is 24.5 Å². The van der Waals surface area contributed by atoms with Gasteiger partial charge in [-0.1, -0.05) is 0 Å². The van der Waals surface area contributed by atoms with Crippen molar-refractivity contribution < 1.29 is 5.11 Å². The van der Waals surface area contributed by atoms with Crippen molar-refractivity contribution >= 4 is 17.0 Å². The van der Waals surface area contributed by atoms with Crippen LogP contribution in [0.1, 0.15) is 19.3 Å². The number of nitrogens with zero attached hydrogens (tertiary/aromatic N) is 3. The third-order valence-electron chi connectivity index (χ3n) is 3.21. The van der Waals surface area contributed by atoms with Crippen molar-refractivity contribution in [3.8, 4) is 0 Å². The van der Waals surface area contributed by atoms with Crippen LogP contribution >= 0.6 is 0 Å². The summed E-state index contributed by atoms with van der Waals surface area (Å²) in [7, 11) is 0. The van der Waals surface area contributed by atoms with Gasteiger partial charge in [-0.2, -0.15) is 0 Å². The van der Waals surface area contributed by atoms with Crippen molar-refractivity contribution in [2.24, 2.45) is 0 Å². The van der Waals surface area contributed by atoms with Gasteiger partial charge in [0, 0.05) is 18.9 Å². The van der Waals surface area contributed by atoms with Crippen LogP contribution in [-0.2, 0) is 0 Å². The summed E-state index contributed by atoms with van der Waals surface area (Å²) >= 11 is 0. The minimum atomic E-state index is -0.543. The van der Waals surface area contributed by atoms with Crippen LogP contribution in [0.4, 0.5) is 5.82 Å². The van der Waals surface area contributed by atoms with Crippen molar-refractivity contribution in [3.05, 3.63) is 24.5 Å². The van der Waals surface area contributed by atoms with Gasteiger partial charge in [-0.25, -0.2) is 9.97 Å². The van der Waals surface area contributed by atoms with Gasteiger partial charge in [-0.05, 0) is 31.4 Å². The van der Waals surface area contributed by atoms with E-state index in [1.807, 2.05) is 12.1 Å². The molecule has 0 aliphatic heterocycles. The molecule has 2 heterocycles. The Balaban J connectivity index is 1.76. The summed E-state index contributed by atoms with van der Waals surface area (Å²) < 4.78 is 0. The lowest BCUT2D eigenvalue weighted by atomic mass is 9.80. The number of rotatable bonds is 3. The SMILES string of the molecule is OC1(CNc2ccc3nccnc3n2)CCC1. The molecule has 17 heavy (non-hydrogen) atoms. The fraction of sp³-hybridized carbons (Fsp3) is 0.417. The normalized spacial score (nSPS) is 17.7. The maximum Gasteiger partial charge on any atom is 0.180 e. The summed E-state index contributed by atoms with van der Waals surface area (Å²) in [5, 5.41) is 13.1. The molecule has 1 fully saturated rings. The molecule has 2 aromatic rings. The Labute approximate surface area is 98.9 Å². The van der Waals surface area contributed by atoms with Crippen LogP contribution in [0.3, 0.4) is 0 Å². The van der Waals surface area contributed by atoms with Gasteiger partial charge < -0.3 is 10.4 Å². The van der Waals surface area contributed by atoms with Gasteiger partial charge in [0.05, 0.1) is 5.60 Å². The predicted molar refractivity (Wildman–Crippen MR) is 64.6 cm³/mol. The summed E-state index contributed by atoms with van der Waals surface area (Å²) in [6.45, 7) is 0.547. The van der Waals surface area contributed by atoms with Crippen molar-refractivity contribution in [1.29, 1.82) is 0 Å². The summed E-state index contributed by atoms with van der Waals surface area (Å²) in [4.78, 5) is 12.6. The molecule has 0 amide bonds. The summed E-state index contributed by atoms with van der Waals surface area (Å²) in [6.07, 6.45) is 6.11. The highest BCUT2D eigenvalue weighted by molar-refractivity contribution is 5.71. The molecule has 1 aliphatic rings. The van der Waals surface area contributed by atoms with E-state index in [9.17, 15) is 5.11 Å². The second-order valence-corrected chi connectivity index (χ2v) is 4.53. The largest absolute Gasteiger partial charge is 0.388 e. The number of pyridine rings is 1. The smallest absolute Gasteiger partial charge is 0.180 e. The minimum absolute atomic E-state index is 0.543. The molecule has 88 valence electrons. The number of aromatic nitrogens is 3. The Morgan fingerprint density at radius 1 is 1.24 bits per heavy atom. The fourth-order valence-electron chi connectivity index (χ4n) is 1.97. The van der Waals surface area contributed by atoms with E-state index in [1.54, 1.807) is 12.4 Å². The van der Waals surface area contributed by atoms with E-state index in [-0.39, 0.29) is 0 Å². The molecule has 0 radical (unpaired) electrons. The van der Waals surface area contributed by atoms with Crippen LogP contribution in [0.5, 0.6) is 0 Å². The van der Waals surface area contributed by atoms with Gasteiger partial charge in [-0.15, -0.1) is 0 Å². The van der Waals surface area contributed by atoms with E-state index < -0.39 is 5.60 Å². The Bertz CT molecular complexity index is 539. The highest BCUT2D eigenvalue weighted by Crippen LogP contribution is 2.31. The Hall–Kier alpha value is -1.75. The first-order valence-corrected chi connectivity index (χ1v) is 5.79. The van der Waals surface area contributed by atoms with Gasteiger partial charge in [0.25, 0.3) is 0 Å². The van der Waals surface area contributed by atoms with Crippen molar-refractivity contribution in [2.75, 3.05) is 11.9 Å². The first-order valence-electron chi connectivity index (χ1n) is 5.79. The third kappa shape index (κ3) is 2.06. The summed E-state index contributed by atoms with van der Waals surface area (Å²) in [5.41, 5.74) is 0.859. The first-order chi connectivity index (χ1) is 8.25. The summed E-state index contributed by atoms with van der Waals surface area (Å²) in [6, 6.07) is 3.74. The van der Waals surface area contributed by atoms with E-state index >= 15 is 0 Å². The molecule has 1 saturated carbocycles. The molecule has 0 unspecified atom stereocenters. The quantitative estimate of drug-likeness (QED) is 0.832. The van der Waals surface area contributed by atoms with Gasteiger partial charge in [0.2, 0.25) is 0 Å². The van der Waals surface area contributed by atoms with Crippen LogP contribution in [-0.4, -0.2) is 32.2 Å². The van der Waals surface area contributed by atoms with Crippen LogP contribution in [0, 0.1) is 0 Å². The van der Waals surface area contributed by atoms with Gasteiger partial charge in [-0.3, -0.25) is 4.98 Å². The standard InChI is InChI=1S/C12H14N4O/c17-12(4-1-5-12)8-15-10-3-2-9-11(16-10)14-7-6-13-9/h2-3,6-7,17H,1,4-5,8H2,(H,14,15,16). The van der Waals surface area contributed by atoms with Crippen LogP contribution in [0.25, 0.3) is 11.2 Å². The van der Waals surface area contributed by atoms with E-state index in [4.69, 9.17) is 0 Å². The molecule has 5 nitrogen and oxygen atoms in total. The molecule has 5 heteroatoms. The number of nitrogens with one attached hydrogen (secondary N) is 1. The minimum Gasteiger partial charge on any atom is -0.388 e. The maximum atomic E-state index is 9.97. The molecule has 0 bridgehead atoms. The Morgan fingerprint density at radius 2 is 2.06 bits per heavy atom.